The molecule has 1 saturated heterocycles. The van der Waals surface area contributed by atoms with Crippen LogP contribution in [-0.4, -0.2) is 57.2 Å². The van der Waals surface area contributed by atoms with Crippen LogP contribution in [0, 0.1) is 5.41 Å². The molecule has 0 aromatic carbocycles. The van der Waals surface area contributed by atoms with Gasteiger partial charge in [0.2, 0.25) is 11.8 Å². The first-order valence-electron chi connectivity index (χ1n) is 8.83. The molecule has 0 aliphatic carbocycles. The summed E-state index contributed by atoms with van der Waals surface area (Å²) in [4.78, 5) is 24.7. The summed E-state index contributed by atoms with van der Waals surface area (Å²) < 4.78 is 11.5. The van der Waals surface area contributed by atoms with Crippen molar-refractivity contribution in [1.29, 1.82) is 0 Å². The molecule has 0 saturated carbocycles. The Labute approximate surface area is 151 Å². The Hall–Kier alpha value is -0.963. The Balaban J connectivity index is 2.89. The number of aliphatic hydroxyl groups excluding tert-OH is 1. The number of carbonyl (C=O) groups excluding carboxylic acids is 2. The van der Waals surface area contributed by atoms with Gasteiger partial charge in [-0.3, -0.25) is 9.59 Å². The minimum Gasteiger partial charge on any atom is -0.412 e. The summed E-state index contributed by atoms with van der Waals surface area (Å²) in [5, 5.41) is 12.4. The largest absolute Gasteiger partial charge is 0.412 e. The van der Waals surface area contributed by atoms with Crippen LogP contribution >= 0.6 is 0 Å². The number of amides is 2. The van der Waals surface area contributed by atoms with E-state index in [4.69, 9.17) is 14.9 Å². The molecule has 0 bridgehead atoms. The van der Waals surface area contributed by atoms with Crippen LogP contribution in [0.2, 0.25) is 18.1 Å². The third-order valence-corrected chi connectivity index (χ3v) is 10.2. The Morgan fingerprint density at radius 1 is 1.32 bits per heavy atom. The molecule has 25 heavy (non-hydrogen) atoms. The van der Waals surface area contributed by atoms with Crippen LogP contribution in [0.3, 0.4) is 0 Å². The first-order chi connectivity index (χ1) is 11.4. The molecular weight excluding hydrogens is 340 g/mol. The van der Waals surface area contributed by atoms with E-state index < -0.39 is 31.8 Å². The van der Waals surface area contributed by atoms with Gasteiger partial charge in [0.05, 0.1) is 18.1 Å². The molecule has 146 valence electrons. The number of primary amides is 1. The second-order valence-electron chi connectivity index (χ2n) is 8.49. The van der Waals surface area contributed by atoms with Gasteiger partial charge in [-0.2, -0.15) is 0 Å². The summed E-state index contributed by atoms with van der Waals surface area (Å²) in [6.45, 7) is 12.8. The van der Waals surface area contributed by atoms with Crippen molar-refractivity contribution in [2.45, 2.75) is 70.8 Å². The molecule has 7 nitrogen and oxygen atoms in total. The minimum atomic E-state index is -2.12. The molecule has 2 amide bonds. The summed E-state index contributed by atoms with van der Waals surface area (Å²) in [6.07, 6.45) is 0.286. The van der Waals surface area contributed by atoms with Gasteiger partial charge in [0.1, 0.15) is 6.04 Å². The number of hydrogen-bond acceptors (Lipinski definition) is 5. The second kappa shape index (κ2) is 8.16. The predicted octanol–water partition coefficient (Wildman–Crippen LogP) is 1.16. The number of ether oxygens (including phenoxy) is 1. The SMILES string of the molecule is C[C@@H](O[Si](C)(C)C(C)(C)C)[C@H](NC(=O)C1(CO)CCOCC1)C(N)=O. The molecule has 0 radical (unpaired) electrons. The Morgan fingerprint density at radius 3 is 2.24 bits per heavy atom. The molecule has 0 aromatic heterocycles. The molecule has 0 aromatic rings. The van der Waals surface area contributed by atoms with Gasteiger partial charge < -0.3 is 25.3 Å². The fourth-order valence-electron chi connectivity index (χ4n) is 2.64. The van der Waals surface area contributed by atoms with E-state index in [-0.39, 0.29) is 17.6 Å². The summed E-state index contributed by atoms with van der Waals surface area (Å²) in [5.41, 5.74) is 4.59. The number of rotatable bonds is 7. The fourth-order valence-corrected chi connectivity index (χ4v) is 4.06. The highest BCUT2D eigenvalue weighted by molar-refractivity contribution is 6.74. The van der Waals surface area contributed by atoms with E-state index in [1.54, 1.807) is 6.92 Å². The van der Waals surface area contributed by atoms with Crippen molar-refractivity contribution in [2.75, 3.05) is 19.8 Å². The molecule has 4 N–H and O–H groups in total. The van der Waals surface area contributed by atoms with E-state index >= 15 is 0 Å². The van der Waals surface area contributed by atoms with Crippen molar-refractivity contribution >= 4 is 20.1 Å². The lowest BCUT2D eigenvalue weighted by Gasteiger charge is -2.41. The molecule has 1 fully saturated rings. The maximum absolute atomic E-state index is 12.8. The minimum absolute atomic E-state index is 0.0273. The van der Waals surface area contributed by atoms with Crippen molar-refractivity contribution in [2.24, 2.45) is 11.1 Å². The van der Waals surface area contributed by atoms with Crippen LogP contribution in [0.25, 0.3) is 0 Å². The van der Waals surface area contributed by atoms with Crippen molar-refractivity contribution in [3.8, 4) is 0 Å². The van der Waals surface area contributed by atoms with E-state index in [9.17, 15) is 14.7 Å². The fraction of sp³-hybridized carbons (Fsp3) is 0.882. The number of nitrogens with one attached hydrogen (secondary N) is 1. The molecule has 8 heteroatoms. The maximum atomic E-state index is 12.8. The number of nitrogens with two attached hydrogens (primary N) is 1. The molecule has 0 spiro atoms. The molecule has 1 aliphatic rings. The van der Waals surface area contributed by atoms with E-state index in [0.717, 1.165) is 0 Å². The van der Waals surface area contributed by atoms with Gasteiger partial charge in [0.15, 0.2) is 8.32 Å². The van der Waals surface area contributed by atoms with Crippen molar-refractivity contribution in [3.63, 3.8) is 0 Å². The quantitative estimate of drug-likeness (QED) is 0.579. The Kier molecular flexibility index (Phi) is 7.20. The molecular formula is C17H34N2O5Si. The molecule has 1 heterocycles. The normalized spacial score (nSPS) is 20.6. The highest BCUT2D eigenvalue weighted by Gasteiger charge is 2.44. The summed E-state index contributed by atoms with van der Waals surface area (Å²) >= 11 is 0. The van der Waals surface area contributed by atoms with Gasteiger partial charge in [0, 0.05) is 13.2 Å². The van der Waals surface area contributed by atoms with Gasteiger partial charge in [-0.05, 0) is 37.9 Å². The van der Waals surface area contributed by atoms with Crippen LogP contribution in [0.15, 0.2) is 0 Å². The Morgan fingerprint density at radius 2 is 1.84 bits per heavy atom. The predicted molar refractivity (Wildman–Crippen MR) is 98.4 cm³/mol. The number of aliphatic hydroxyl groups is 1. The first-order valence-corrected chi connectivity index (χ1v) is 11.7. The third-order valence-electron chi connectivity index (χ3n) is 5.58. The summed E-state index contributed by atoms with van der Waals surface area (Å²) in [7, 11) is -2.12. The van der Waals surface area contributed by atoms with Gasteiger partial charge >= 0.3 is 0 Å². The van der Waals surface area contributed by atoms with E-state index in [2.05, 4.69) is 39.2 Å². The van der Waals surface area contributed by atoms with Crippen LogP contribution < -0.4 is 11.1 Å². The zero-order valence-electron chi connectivity index (χ0n) is 16.3. The topological polar surface area (TPSA) is 111 Å². The van der Waals surface area contributed by atoms with Gasteiger partial charge in [-0.15, -0.1) is 0 Å². The number of hydrogen-bond donors (Lipinski definition) is 3. The summed E-state index contributed by atoms with van der Waals surface area (Å²) in [5.74, 6) is -1.01. The van der Waals surface area contributed by atoms with Crippen LogP contribution in [-0.2, 0) is 18.8 Å². The van der Waals surface area contributed by atoms with Crippen molar-refractivity contribution < 1.29 is 23.9 Å². The lowest BCUT2D eigenvalue weighted by molar-refractivity contribution is -0.143. The first kappa shape index (κ1) is 22.1. The van der Waals surface area contributed by atoms with E-state index in [1.807, 2.05) is 0 Å². The van der Waals surface area contributed by atoms with Crippen LogP contribution in [0.5, 0.6) is 0 Å². The van der Waals surface area contributed by atoms with Gasteiger partial charge in [0.25, 0.3) is 0 Å². The average Bonchev–Trinajstić information content (AvgIpc) is 2.50. The monoisotopic (exact) mass is 374 g/mol. The van der Waals surface area contributed by atoms with Gasteiger partial charge in [-0.25, -0.2) is 0 Å². The van der Waals surface area contributed by atoms with E-state index in [0.29, 0.717) is 26.1 Å². The smallest absolute Gasteiger partial charge is 0.242 e. The van der Waals surface area contributed by atoms with Crippen LogP contribution in [0.1, 0.15) is 40.5 Å². The second-order valence-corrected chi connectivity index (χ2v) is 13.2. The van der Waals surface area contributed by atoms with Crippen molar-refractivity contribution in [3.05, 3.63) is 0 Å². The Bertz CT molecular complexity index is 484. The summed E-state index contributed by atoms with van der Waals surface area (Å²) in [6, 6.07) is -0.937. The molecule has 0 unspecified atom stereocenters. The lowest BCUT2D eigenvalue weighted by atomic mass is 9.80. The highest BCUT2D eigenvalue weighted by Crippen LogP contribution is 2.37. The molecule has 1 rings (SSSR count). The molecule has 1 aliphatic heterocycles. The highest BCUT2D eigenvalue weighted by atomic mass is 28.4. The molecule has 2 atom stereocenters. The van der Waals surface area contributed by atoms with Crippen LogP contribution in [0.4, 0.5) is 0 Å². The zero-order chi connectivity index (χ0) is 19.5. The number of carbonyl (C=O) groups is 2. The maximum Gasteiger partial charge on any atom is 0.242 e. The van der Waals surface area contributed by atoms with Gasteiger partial charge in [-0.1, -0.05) is 20.8 Å². The van der Waals surface area contributed by atoms with Crippen molar-refractivity contribution in [1.82, 2.24) is 5.32 Å². The average molecular weight is 375 g/mol. The zero-order valence-corrected chi connectivity index (χ0v) is 17.3. The lowest BCUT2D eigenvalue weighted by Crippen LogP contribution is -2.59. The van der Waals surface area contributed by atoms with E-state index in [1.165, 1.54) is 0 Å². The standard InChI is InChI=1S/C17H34N2O5Si/c1-12(24-25(5,6)16(2,3)4)13(14(18)21)19-15(22)17(11-20)7-9-23-10-8-17/h12-13,20H,7-11H2,1-6H3,(H2,18,21)(H,19,22)/t12-,13+/m1/s1. The third kappa shape index (κ3) is 5.26.